The standard InChI is InChI=1S/C27H30N2O7S/c1-6-34-22-12-19(13-23-26(32)29(27(33)37-23)14-25(31)36-16(2)3)8-10-21(22)35-15-24(30)28-20-9-7-17(4)18(5)11-20/h7-13,16H,6,14-15H2,1-5H3,(H,28,30)/b23-13-. The number of nitrogens with zero attached hydrogens (tertiary/aromatic N) is 1. The molecule has 1 N–H and O–H groups in total. The lowest BCUT2D eigenvalue weighted by Gasteiger charge is -2.14. The van der Waals surface area contributed by atoms with Gasteiger partial charge >= 0.3 is 5.97 Å². The molecule has 0 spiro atoms. The number of benzene rings is 2. The van der Waals surface area contributed by atoms with Gasteiger partial charge in [0.05, 0.1) is 17.6 Å². The summed E-state index contributed by atoms with van der Waals surface area (Å²) in [5.74, 6) is -0.801. The van der Waals surface area contributed by atoms with Gasteiger partial charge in [0.2, 0.25) is 0 Å². The van der Waals surface area contributed by atoms with E-state index in [1.165, 1.54) is 6.08 Å². The fourth-order valence-corrected chi connectivity index (χ4v) is 4.22. The fraction of sp³-hybridized carbons (Fsp3) is 0.333. The Kier molecular flexibility index (Phi) is 9.35. The highest BCUT2D eigenvalue weighted by Crippen LogP contribution is 2.34. The van der Waals surface area contributed by atoms with E-state index in [0.29, 0.717) is 29.4 Å². The van der Waals surface area contributed by atoms with Crippen molar-refractivity contribution in [2.45, 2.75) is 40.7 Å². The fourth-order valence-electron chi connectivity index (χ4n) is 3.38. The first-order valence-corrected chi connectivity index (χ1v) is 12.6. The summed E-state index contributed by atoms with van der Waals surface area (Å²) in [4.78, 5) is 50.3. The molecule has 3 amide bonds. The molecular weight excluding hydrogens is 496 g/mol. The molecule has 9 nitrogen and oxygen atoms in total. The molecule has 0 atom stereocenters. The highest BCUT2D eigenvalue weighted by Gasteiger charge is 2.36. The van der Waals surface area contributed by atoms with Crippen LogP contribution >= 0.6 is 11.8 Å². The van der Waals surface area contributed by atoms with E-state index < -0.39 is 23.7 Å². The van der Waals surface area contributed by atoms with Crippen LogP contribution in [0.2, 0.25) is 0 Å². The van der Waals surface area contributed by atoms with Crippen LogP contribution in [-0.2, 0) is 19.1 Å². The Balaban J connectivity index is 1.68. The lowest BCUT2D eigenvalue weighted by molar-refractivity contribution is -0.149. The minimum Gasteiger partial charge on any atom is -0.490 e. The van der Waals surface area contributed by atoms with E-state index in [1.807, 2.05) is 39.0 Å². The molecule has 1 saturated heterocycles. The second kappa shape index (κ2) is 12.4. The third-order valence-corrected chi connectivity index (χ3v) is 6.15. The molecule has 196 valence electrons. The van der Waals surface area contributed by atoms with Gasteiger partial charge in [-0.15, -0.1) is 0 Å². The molecule has 0 bridgehead atoms. The number of thioether (sulfide) groups is 1. The second-order valence-electron chi connectivity index (χ2n) is 8.58. The molecule has 0 aliphatic carbocycles. The molecule has 2 aromatic carbocycles. The second-order valence-corrected chi connectivity index (χ2v) is 9.57. The summed E-state index contributed by atoms with van der Waals surface area (Å²) in [6.45, 7) is 8.84. The summed E-state index contributed by atoms with van der Waals surface area (Å²) < 4.78 is 16.4. The molecule has 0 radical (unpaired) electrons. The lowest BCUT2D eigenvalue weighted by Crippen LogP contribution is -2.35. The zero-order chi connectivity index (χ0) is 27.1. The SMILES string of the molecule is CCOc1cc(/C=C2\SC(=O)N(CC(=O)OC(C)C)C2=O)ccc1OCC(=O)Nc1ccc(C)c(C)c1. The molecular formula is C27H30N2O7S. The quantitative estimate of drug-likeness (QED) is 0.350. The average molecular weight is 527 g/mol. The molecule has 10 heteroatoms. The number of ether oxygens (including phenoxy) is 3. The van der Waals surface area contributed by atoms with Crippen LogP contribution in [0.5, 0.6) is 11.5 Å². The molecule has 0 unspecified atom stereocenters. The average Bonchev–Trinajstić information content (AvgIpc) is 3.08. The van der Waals surface area contributed by atoms with Crippen molar-refractivity contribution in [3.05, 3.63) is 58.0 Å². The van der Waals surface area contributed by atoms with Gasteiger partial charge in [-0.05, 0) is 93.4 Å². The molecule has 1 aliphatic rings. The summed E-state index contributed by atoms with van der Waals surface area (Å²) in [5.41, 5.74) is 3.48. The smallest absolute Gasteiger partial charge is 0.326 e. The van der Waals surface area contributed by atoms with Crippen molar-refractivity contribution >= 4 is 46.5 Å². The summed E-state index contributed by atoms with van der Waals surface area (Å²) in [6, 6.07) is 10.6. The van der Waals surface area contributed by atoms with Gasteiger partial charge in [-0.2, -0.15) is 0 Å². The van der Waals surface area contributed by atoms with Crippen molar-refractivity contribution in [2.75, 3.05) is 25.1 Å². The van der Waals surface area contributed by atoms with E-state index >= 15 is 0 Å². The molecule has 1 aliphatic heterocycles. The predicted molar refractivity (Wildman–Crippen MR) is 142 cm³/mol. The van der Waals surface area contributed by atoms with E-state index in [4.69, 9.17) is 14.2 Å². The third kappa shape index (κ3) is 7.60. The predicted octanol–water partition coefficient (Wildman–Crippen LogP) is 4.71. The Morgan fingerprint density at radius 2 is 1.78 bits per heavy atom. The summed E-state index contributed by atoms with van der Waals surface area (Å²) in [7, 11) is 0. The van der Waals surface area contributed by atoms with Crippen molar-refractivity contribution in [3.8, 4) is 11.5 Å². The van der Waals surface area contributed by atoms with Crippen LogP contribution < -0.4 is 14.8 Å². The zero-order valence-corrected chi connectivity index (χ0v) is 22.3. The van der Waals surface area contributed by atoms with Crippen LogP contribution in [0.25, 0.3) is 6.08 Å². The normalized spacial score (nSPS) is 14.3. The first-order valence-electron chi connectivity index (χ1n) is 11.8. The number of carbonyl (C=O) groups excluding carboxylic acids is 4. The number of aryl methyl sites for hydroxylation is 2. The number of amides is 3. The van der Waals surface area contributed by atoms with Crippen molar-refractivity contribution in [2.24, 2.45) is 0 Å². The number of carbonyl (C=O) groups is 4. The first-order chi connectivity index (χ1) is 17.6. The lowest BCUT2D eigenvalue weighted by atomic mass is 10.1. The van der Waals surface area contributed by atoms with Crippen molar-refractivity contribution in [3.63, 3.8) is 0 Å². The molecule has 0 saturated carbocycles. The first kappa shape index (κ1) is 27.8. The number of esters is 1. The number of anilines is 1. The van der Waals surface area contributed by atoms with Crippen LogP contribution in [0.1, 0.15) is 37.5 Å². The number of nitrogens with one attached hydrogen (secondary N) is 1. The van der Waals surface area contributed by atoms with E-state index in [2.05, 4.69) is 5.32 Å². The summed E-state index contributed by atoms with van der Waals surface area (Å²) in [5, 5.41) is 2.26. The van der Waals surface area contributed by atoms with Crippen molar-refractivity contribution < 1.29 is 33.4 Å². The van der Waals surface area contributed by atoms with Gasteiger partial charge in [0, 0.05) is 5.69 Å². The van der Waals surface area contributed by atoms with Crippen LogP contribution in [0.3, 0.4) is 0 Å². The van der Waals surface area contributed by atoms with Gasteiger partial charge in [0.15, 0.2) is 18.1 Å². The van der Waals surface area contributed by atoms with E-state index in [1.54, 1.807) is 32.0 Å². The molecule has 1 fully saturated rings. The number of rotatable bonds is 10. The molecule has 1 heterocycles. The zero-order valence-electron chi connectivity index (χ0n) is 21.5. The van der Waals surface area contributed by atoms with Gasteiger partial charge in [-0.25, -0.2) is 0 Å². The monoisotopic (exact) mass is 526 g/mol. The Bertz CT molecular complexity index is 1240. The maximum atomic E-state index is 12.7. The van der Waals surface area contributed by atoms with Crippen LogP contribution in [0, 0.1) is 13.8 Å². The van der Waals surface area contributed by atoms with Crippen LogP contribution in [-0.4, -0.2) is 53.8 Å². The van der Waals surface area contributed by atoms with E-state index in [0.717, 1.165) is 27.8 Å². The number of hydrogen-bond donors (Lipinski definition) is 1. The maximum Gasteiger partial charge on any atom is 0.326 e. The van der Waals surface area contributed by atoms with Gasteiger partial charge in [-0.1, -0.05) is 12.1 Å². The maximum absolute atomic E-state index is 12.7. The van der Waals surface area contributed by atoms with Crippen molar-refractivity contribution in [1.29, 1.82) is 0 Å². The molecule has 37 heavy (non-hydrogen) atoms. The van der Waals surface area contributed by atoms with E-state index in [-0.39, 0.29) is 23.5 Å². The van der Waals surface area contributed by atoms with Gasteiger partial charge in [0.25, 0.3) is 17.1 Å². The molecule has 3 rings (SSSR count). The Morgan fingerprint density at radius 3 is 2.46 bits per heavy atom. The Labute approximate surface area is 220 Å². The Hall–Kier alpha value is -3.79. The number of imide groups is 1. The topological polar surface area (TPSA) is 111 Å². The highest BCUT2D eigenvalue weighted by molar-refractivity contribution is 8.18. The minimum atomic E-state index is -0.653. The van der Waals surface area contributed by atoms with Gasteiger partial charge in [0.1, 0.15) is 6.54 Å². The van der Waals surface area contributed by atoms with Crippen LogP contribution in [0.15, 0.2) is 41.3 Å². The minimum absolute atomic E-state index is 0.172. The third-order valence-electron chi connectivity index (χ3n) is 5.24. The summed E-state index contributed by atoms with van der Waals surface area (Å²) in [6.07, 6.45) is 1.19. The van der Waals surface area contributed by atoms with Gasteiger partial charge in [-0.3, -0.25) is 24.1 Å². The molecule has 0 aromatic heterocycles. The number of hydrogen-bond acceptors (Lipinski definition) is 8. The largest absolute Gasteiger partial charge is 0.490 e. The van der Waals surface area contributed by atoms with E-state index in [9.17, 15) is 19.2 Å². The summed E-state index contributed by atoms with van der Waals surface area (Å²) >= 11 is 0.744. The van der Waals surface area contributed by atoms with Crippen LogP contribution in [0.4, 0.5) is 10.5 Å². The molecule has 2 aromatic rings. The van der Waals surface area contributed by atoms with Crippen molar-refractivity contribution in [1.82, 2.24) is 4.90 Å². The highest BCUT2D eigenvalue weighted by atomic mass is 32.2. The Morgan fingerprint density at radius 1 is 1.03 bits per heavy atom. The van der Waals surface area contributed by atoms with Gasteiger partial charge < -0.3 is 19.5 Å².